The molecule has 7 nitrogen and oxygen atoms in total. The van der Waals surface area contributed by atoms with Gasteiger partial charge in [0.1, 0.15) is 12.4 Å². The zero-order valence-electron chi connectivity index (χ0n) is 17.5. The number of benzene rings is 1. The highest BCUT2D eigenvalue weighted by Crippen LogP contribution is 2.18. The molecule has 2 aromatic rings. The number of hydrogen-bond donors (Lipinski definition) is 2. The van der Waals surface area contributed by atoms with Crippen LogP contribution in [0, 0.1) is 0 Å². The lowest BCUT2D eigenvalue weighted by molar-refractivity contribution is 0.359. The largest absolute Gasteiger partial charge is 0.489 e. The Hall–Kier alpha value is -2.10. The summed E-state index contributed by atoms with van der Waals surface area (Å²) in [4.78, 5) is 9.06. The maximum absolute atomic E-state index is 5.69. The molecular formula is C21H32IN5O2. The summed E-state index contributed by atoms with van der Waals surface area (Å²) in [5.74, 6) is 3.33. The van der Waals surface area contributed by atoms with Crippen molar-refractivity contribution >= 4 is 29.9 Å². The van der Waals surface area contributed by atoms with Gasteiger partial charge in [-0.05, 0) is 19.4 Å². The first-order valence-corrected chi connectivity index (χ1v) is 9.80. The third kappa shape index (κ3) is 8.84. The van der Waals surface area contributed by atoms with Crippen LogP contribution in [0.25, 0.3) is 0 Å². The highest BCUT2D eigenvalue weighted by molar-refractivity contribution is 14.0. The molecule has 8 heteroatoms. The van der Waals surface area contributed by atoms with Crippen LogP contribution in [0.4, 0.5) is 0 Å². The number of nitrogens with one attached hydrogen (secondary N) is 2. The van der Waals surface area contributed by atoms with Crippen molar-refractivity contribution in [1.82, 2.24) is 20.8 Å². The number of guanidine groups is 1. The lowest BCUT2D eigenvalue weighted by atomic mass is 10.2. The molecule has 29 heavy (non-hydrogen) atoms. The standard InChI is InChI=1S/C21H31N5O2.HI/c1-5-14-27-18-11-8-7-10-17(18)15-24-21(22-6-2)23-13-9-12-19-25-20(16(3)4)26-28-19;/h5,7-8,10-11,16H,1,6,9,12-15H2,2-4H3,(H2,22,23,24);1H. The fraction of sp³-hybridized carbons (Fsp3) is 0.476. The first-order chi connectivity index (χ1) is 13.6. The van der Waals surface area contributed by atoms with Crippen LogP contribution < -0.4 is 15.4 Å². The summed E-state index contributed by atoms with van der Waals surface area (Å²) >= 11 is 0. The number of aromatic nitrogens is 2. The predicted molar refractivity (Wildman–Crippen MR) is 127 cm³/mol. The number of ether oxygens (including phenoxy) is 1. The summed E-state index contributed by atoms with van der Waals surface area (Å²) in [6.45, 7) is 12.4. The minimum atomic E-state index is 0. The molecule has 0 aliphatic heterocycles. The summed E-state index contributed by atoms with van der Waals surface area (Å²) in [5.41, 5.74) is 1.04. The van der Waals surface area contributed by atoms with Crippen molar-refractivity contribution in [2.24, 2.45) is 4.99 Å². The Morgan fingerprint density at radius 2 is 2.10 bits per heavy atom. The molecule has 0 fully saturated rings. The Morgan fingerprint density at radius 1 is 1.31 bits per heavy atom. The van der Waals surface area contributed by atoms with Gasteiger partial charge in [0.25, 0.3) is 0 Å². The fourth-order valence-electron chi connectivity index (χ4n) is 2.48. The average Bonchev–Trinajstić information content (AvgIpc) is 3.17. The van der Waals surface area contributed by atoms with Crippen LogP contribution >= 0.6 is 24.0 Å². The quantitative estimate of drug-likeness (QED) is 0.155. The number of rotatable bonds is 11. The third-order valence-corrected chi connectivity index (χ3v) is 3.94. The highest BCUT2D eigenvalue weighted by Gasteiger charge is 2.09. The van der Waals surface area contributed by atoms with Crippen LogP contribution in [0.15, 0.2) is 46.4 Å². The summed E-state index contributed by atoms with van der Waals surface area (Å²) < 4.78 is 11.0. The van der Waals surface area contributed by atoms with Crippen LogP contribution in [-0.2, 0) is 13.0 Å². The van der Waals surface area contributed by atoms with Crippen LogP contribution in [0.1, 0.15) is 50.4 Å². The van der Waals surface area contributed by atoms with Gasteiger partial charge in [-0.2, -0.15) is 4.98 Å². The van der Waals surface area contributed by atoms with E-state index in [1.54, 1.807) is 6.08 Å². The van der Waals surface area contributed by atoms with Crippen molar-refractivity contribution < 1.29 is 9.26 Å². The van der Waals surface area contributed by atoms with Gasteiger partial charge in [-0.3, -0.25) is 0 Å². The Morgan fingerprint density at radius 3 is 2.79 bits per heavy atom. The second-order valence-corrected chi connectivity index (χ2v) is 6.63. The summed E-state index contributed by atoms with van der Waals surface area (Å²) in [7, 11) is 0. The Bertz CT molecular complexity index is 761. The highest BCUT2D eigenvalue weighted by atomic mass is 127. The number of aliphatic imine (C=N–C) groups is 1. The van der Waals surface area contributed by atoms with E-state index < -0.39 is 0 Å². The molecule has 0 aliphatic rings. The topological polar surface area (TPSA) is 84.6 Å². The summed E-state index contributed by atoms with van der Waals surface area (Å²) in [6.07, 6.45) is 3.35. The minimum absolute atomic E-state index is 0. The molecule has 0 bridgehead atoms. The molecule has 0 amide bonds. The first-order valence-electron chi connectivity index (χ1n) is 9.80. The van der Waals surface area contributed by atoms with Gasteiger partial charge in [0.15, 0.2) is 11.8 Å². The van der Waals surface area contributed by atoms with Gasteiger partial charge in [0, 0.05) is 31.0 Å². The summed E-state index contributed by atoms with van der Waals surface area (Å²) in [5, 5.41) is 10.6. The van der Waals surface area contributed by atoms with Crippen molar-refractivity contribution in [1.29, 1.82) is 0 Å². The maximum Gasteiger partial charge on any atom is 0.226 e. The average molecular weight is 513 g/mol. The molecule has 0 aliphatic carbocycles. The number of hydrogen-bond acceptors (Lipinski definition) is 5. The van der Waals surface area contributed by atoms with E-state index >= 15 is 0 Å². The lowest BCUT2D eigenvalue weighted by Crippen LogP contribution is -2.37. The van der Waals surface area contributed by atoms with Gasteiger partial charge in [0.2, 0.25) is 5.89 Å². The molecule has 1 aromatic heterocycles. The van der Waals surface area contributed by atoms with E-state index in [0.29, 0.717) is 19.0 Å². The second kappa shape index (κ2) is 14.0. The lowest BCUT2D eigenvalue weighted by Gasteiger charge is -2.12. The molecular weight excluding hydrogens is 481 g/mol. The molecule has 0 saturated heterocycles. The van der Waals surface area contributed by atoms with Gasteiger partial charge in [-0.15, -0.1) is 24.0 Å². The molecule has 0 radical (unpaired) electrons. The molecule has 0 spiro atoms. The van der Waals surface area contributed by atoms with E-state index in [0.717, 1.165) is 49.0 Å². The summed E-state index contributed by atoms with van der Waals surface area (Å²) in [6, 6.07) is 7.91. The van der Waals surface area contributed by atoms with Crippen LogP contribution in [0.3, 0.4) is 0 Å². The van der Waals surface area contributed by atoms with Gasteiger partial charge in [0.05, 0.1) is 6.54 Å². The Balaban J connectivity index is 0.00000420. The SMILES string of the molecule is C=CCOc1ccccc1CN=C(NCC)NCCCc1nc(C(C)C)no1.I. The van der Waals surface area contributed by atoms with E-state index in [1.807, 2.05) is 31.2 Å². The smallest absolute Gasteiger partial charge is 0.226 e. The van der Waals surface area contributed by atoms with Gasteiger partial charge < -0.3 is 19.9 Å². The molecule has 2 rings (SSSR count). The van der Waals surface area contributed by atoms with Crippen LogP contribution in [0.5, 0.6) is 5.75 Å². The van der Waals surface area contributed by atoms with Gasteiger partial charge in [-0.1, -0.05) is 49.9 Å². The van der Waals surface area contributed by atoms with Crippen LogP contribution in [0.2, 0.25) is 0 Å². The van der Waals surface area contributed by atoms with Crippen molar-refractivity contribution in [3.05, 3.63) is 54.2 Å². The molecule has 0 atom stereocenters. The number of halogens is 1. The van der Waals surface area contributed by atoms with E-state index in [-0.39, 0.29) is 29.9 Å². The molecule has 0 saturated carbocycles. The maximum atomic E-state index is 5.69. The monoisotopic (exact) mass is 513 g/mol. The molecule has 160 valence electrons. The normalized spacial score (nSPS) is 11.1. The molecule has 1 aromatic carbocycles. The Kier molecular flexibility index (Phi) is 12.0. The van der Waals surface area contributed by atoms with E-state index in [2.05, 4.69) is 46.2 Å². The molecule has 2 N–H and O–H groups in total. The van der Waals surface area contributed by atoms with E-state index in [1.165, 1.54) is 0 Å². The fourth-order valence-corrected chi connectivity index (χ4v) is 2.48. The second-order valence-electron chi connectivity index (χ2n) is 6.63. The predicted octanol–water partition coefficient (Wildman–Crippen LogP) is 4.06. The van der Waals surface area contributed by atoms with Crippen molar-refractivity contribution in [3.8, 4) is 5.75 Å². The number of para-hydroxylation sites is 1. The number of nitrogens with zero attached hydrogens (tertiary/aromatic N) is 3. The first kappa shape index (κ1) is 24.9. The van der Waals surface area contributed by atoms with Crippen molar-refractivity contribution in [2.45, 2.75) is 46.1 Å². The van der Waals surface area contributed by atoms with Crippen LogP contribution in [-0.4, -0.2) is 35.8 Å². The van der Waals surface area contributed by atoms with Crippen molar-refractivity contribution in [2.75, 3.05) is 19.7 Å². The molecule has 0 unspecified atom stereocenters. The molecule has 1 heterocycles. The zero-order valence-corrected chi connectivity index (χ0v) is 19.8. The minimum Gasteiger partial charge on any atom is -0.489 e. The van der Waals surface area contributed by atoms with E-state index in [9.17, 15) is 0 Å². The van der Waals surface area contributed by atoms with E-state index in [4.69, 9.17) is 9.26 Å². The van der Waals surface area contributed by atoms with Gasteiger partial charge >= 0.3 is 0 Å². The third-order valence-electron chi connectivity index (χ3n) is 3.94. The Labute approximate surface area is 190 Å². The van der Waals surface area contributed by atoms with Gasteiger partial charge in [-0.25, -0.2) is 4.99 Å². The number of aryl methyl sites for hydroxylation is 1. The zero-order chi connectivity index (χ0) is 20.2. The van der Waals surface area contributed by atoms with Crippen molar-refractivity contribution in [3.63, 3.8) is 0 Å².